The summed E-state index contributed by atoms with van der Waals surface area (Å²) in [5.41, 5.74) is -0.573. The maximum absolute atomic E-state index is 14.4. The number of ether oxygens (including phenoxy) is 1. The minimum atomic E-state index is -4.61. The van der Waals surface area contributed by atoms with Gasteiger partial charge in [0.1, 0.15) is 23.7 Å². The maximum Gasteiger partial charge on any atom is 0.403 e. The van der Waals surface area contributed by atoms with Crippen molar-refractivity contribution in [2.75, 3.05) is 6.54 Å². The molecule has 0 spiro atoms. The zero-order chi connectivity index (χ0) is 36.7. The molecule has 3 heterocycles. The molecule has 1 aromatic heterocycles. The third kappa shape index (κ3) is 8.03. The average Bonchev–Trinajstić information content (AvgIpc) is 3.99. The van der Waals surface area contributed by atoms with E-state index in [4.69, 9.17) is 4.74 Å². The standard InChI is InChI=1S/C36H46F3N5O6S/c1-4-24-19-35(24,34(47)43-51(48,49)26-13-14-26)42-31(45)28-18-25-20-44(28)33(46)30(21(2)3)41-29(36(37,38)39)10-8-6-5-7-9-22-11-12-23-15-16-40-32(50-25)27(23)17-22/h4,11-12,15-17,21,24-26,28-30,41H,1,5-10,13-14,18-20H2,2-3H3,(H,42,45)(H,43,47)/t24-,25+,28-,29?,30-,35+/m0/s1. The van der Waals surface area contributed by atoms with Crippen molar-refractivity contribution in [1.29, 1.82) is 0 Å². The SMILES string of the molecule is C=C[C@H]1C[C@]1(NC(=O)[C@@H]1C[C@@H]2CN1C(=O)[C@H](C(C)C)NC(C(F)(F)F)CCCCCCc1ccc3ccnc(c3c1)O2)C(=O)NS(=O)(=O)C1CC1. The van der Waals surface area contributed by atoms with Gasteiger partial charge in [-0.05, 0) is 67.5 Å². The highest BCUT2D eigenvalue weighted by molar-refractivity contribution is 7.91. The molecule has 1 aromatic carbocycles. The molecule has 6 atom stereocenters. The monoisotopic (exact) mass is 733 g/mol. The molecule has 4 aliphatic rings. The summed E-state index contributed by atoms with van der Waals surface area (Å²) in [6, 6.07) is 3.35. The van der Waals surface area contributed by atoms with Crippen LogP contribution < -0.4 is 20.1 Å². The Morgan fingerprint density at radius 2 is 1.88 bits per heavy atom. The summed E-state index contributed by atoms with van der Waals surface area (Å²) >= 11 is 0. The van der Waals surface area contributed by atoms with Crippen molar-refractivity contribution in [3.8, 4) is 5.88 Å². The highest BCUT2D eigenvalue weighted by Gasteiger charge is 2.62. The molecule has 278 valence electrons. The second-order valence-electron chi connectivity index (χ2n) is 14.8. The Kier molecular flexibility index (Phi) is 10.4. The van der Waals surface area contributed by atoms with Crippen molar-refractivity contribution in [2.45, 2.75) is 119 Å². The lowest BCUT2D eigenvalue weighted by molar-refractivity contribution is -0.163. The van der Waals surface area contributed by atoms with Crippen LogP contribution in [-0.2, 0) is 30.8 Å². The molecular weight excluding hydrogens is 687 g/mol. The molecular formula is C36H46F3N5O6S. The van der Waals surface area contributed by atoms with Crippen LogP contribution >= 0.6 is 0 Å². The fourth-order valence-corrected chi connectivity index (χ4v) is 8.67. The normalized spacial score (nSPS) is 29.3. The first kappa shape index (κ1) is 37.1. The number of amides is 3. The number of alkyl halides is 3. The lowest BCUT2D eigenvalue weighted by Crippen LogP contribution is -2.60. The number of hydrogen-bond acceptors (Lipinski definition) is 8. The van der Waals surface area contributed by atoms with Gasteiger partial charge in [0, 0.05) is 23.9 Å². The third-order valence-corrected chi connectivity index (χ3v) is 12.4. The lowest BCUT2D eigenvalue weighted by Gasteiger charge is -2.34. The number of carbonyl (C=O) groups is 3. The van der Waals surface area contributed by atoms with E-state index in [1.807, 2.05) is 24.3 Å². The molecule has 6 rings (SSSR count). The lowest BCUT2D eigenvalue weighted by atomic mass is 9.98. The molecule has 2 aromatic rings. The Hall–Kier alpha value is -3.72. The minimum absolute atomic E-state index is 0.0420. The van der Waals surface area contributed by atoms with Crippen LogP contribution in [0.1, 0.15) is 77.2 Å². The first-order valence-electron chi connectivity index (χ1n) is 17.8. The van der Waals surface area contributed by atoms with Gasteiger partial charge in [0.05, 0.1) is 17.8 Å². The number of carbonyl (C=O) groups excluding carboxylic acids is 3. The van der Waals surface area contributed by atoms with Crippen molar-refractivity contribution in [3.63, 3.8) is 0 Å². The van der Waals surface area contributed by atoms with Gasteiger partial charge >= 0.3 is 6.18 Å². The van der Waals surface area contributed by atoms with Crippen LogP contribution in [0.2, 0.25) is 0 Å². The van der Waals surface area contributed by atoms with E-state index < -0.39 is 80.8 Å². The third-order valence-electron chi connectivity index (χ3n) is 10.6. The van der Waals surface area contributed by atoms with Crippen LogP contribution in [0, 0.1) is 11.8 Å². The van der Waals surface area contributed by atoms with Crippen molar-refractivity contribution in [2.24, 2.45) is 11.8 Å². The Balaban J connectivity index is 1.33. The number of nitrogens with zero attached hydrogens (tertiary/aromatic N) is 2. The van der Waals surface area contributed by atoms with Gasteiger partial charge in [0.2, 0.25) is 27.7 Å². The molecule has 2 saturated carbocycles. The van der Waals surface area contributed by atoms with E-state index in [-0.39, 0.29) is 25.8 Å². The molecule has 3 amide bonds. The molecule has 2 aliphatic heterocycles. The largest absolute Gasteiger partial charge is 0.472 e. The summed E-state index contributed by atoms with van der Waals surface area (Å²) in [7, 11) is -3.93. The van der Waals surface area contributed by atoms with Crippen LogP contribution in [0.5, 0.6) is 5.88 Å². The molecule has 2 aliphatic carbocycles. The number of hydrogen-bond donors (Lipinski definition) is 3. The molecule has 15 heteroatoms. The van der Waals surface area contributed by atoms with Gasteiger partial charge in [0.25, 0.3) is 5.91 Å². The zero-order valence-electron chi connectivity index (χ0n) is 28.9. The summed E-state index contributed by atoms with van der Waals surface area (Å²) < 4.78 is 76.9. The summed E-state index contributed by atoms with van der Waals surface area (Å²) in [6.45, 7) is 6.89. The summed E-state index contributed by atoms with van der Waals surface area (Å²) in [4.78, 5) is 47.6. The van der Waals surface area contributed by atoms with E-state index in [0.717, 1.165) is 35.6 Å². The van der Waals surface area contributed by atoms with E-state index in [9.17, 15) is 36.0 Å². The van der Waals surface area contributed by atoms with Crippen molar-refractivity contribution in [1.82, 2.24) is 25.2 Å². The highest BCUT2D eigenvalue weighted by Crippen LogP contribution is 2.45. The number of benzene rings is 1. The molecule has 1 unspecified atom stereocenters. The fourth-order valence-electron chi connectivity index (χ4n) is 7.31. The highest BCUT2D eigenvalue weighted by atomic mass is 32.2. The van der Waals surface area contributed by atoms with E-state index in [1.165, 1.54) is 11.0 Å². The first-order valence-corrected chi connectivity index (χ1v) is 19.4. The molecule has 3 fully saturated rings. The first-order chi connectivity index (χ1) is 24.1. The van der Waals surface area contributed by atoms with E-state index in [2.05, 4.69) is 26.9 Å². The second kappa shape index (κ2) is 14.4. The van der Waals surface area contributed by atoms with Crippen molar-refractivity contribution < 1.29 is 40.7 Å². The smallest absolute Gasteiger partial charge is 0.403 e. The van der Waals surface area contributed by atoms with Gasteiger partial charge in [-0.15, -0.1) is 6.58 Å². The Bertz CT molecular complexity index is 1780. The minimum Gasteiger partial charge on any atom is -0.472 e. The van der Waals surface area contributed by atoms with Gasteiger partial charge in [-0.3, -0.25) is 24.4 Å². The Morgan fingerprint density at radius 1 is 1.14 bits per heavy atom. The molecule has 3 N–H and O–H groups in total. The molecule has 4 bridgehead atoms. The number of sulfonamides is 1. The molecule has 51 heavy (non-hydrogen) atoms. The van der Waals surface area contributed by atoms with Crippen molar-refractivity contribution >= 4 is 38.5 Å². The number of aryl methyl sites for hydroxylation is 1. The van der Waals surface area contributed by atoms with E-state index in [0.29, 0.717) is 31.6 Å². The number of fused-ring (bicyclic) bond motifs is 3. The quantitative estimate of drug-likeness (QED) is 0.357. The number of pyridine rings is 1. The van der Waals surface area contributed by atoms with Crippen LogP contribution in [0.15, 0.2) is 43.1 Å². The summed E-state index contributed by atoms with van der Waals surface area (Å²) in [5.74, 6) is -3.17. The predicted molar refractivity (Wildman–Crippen MR) is 184 cm³/mol. The maximum atomic E-state index is 14.4. The van der Waals surface area contributed by atoms with Crippen molar-refractivity contribution in [3.05, 3.63) is 48.7 Å². The van der Waals surface area contributed by atoms with Crippen LogP contribution in [0.4, 0.5) is 13.2 Å². The van der Waals surface area contributed by atoms with Gasteiger partial charge in [-0.2, -0.15) is 13.2 Å². The Labute approximate surface area is 296 Å². The van der Waals surface area contributed by atoms with E-state index in [1.54, 1.807) is 20.0 Å². The van der Waals surface area contributed by atoms with Gasteiger partial charge in [-0.1, -0.05) is 51.3 Å². The van der Waals surface area contributed by atoms with Gasteiger partial charge < -0.3 is 15.0 Å². The summed E-state index contributed by atoms with van der Waals surface area (Å²) in [5, 5.41) is 6.30. The van der Waals surface area contributed by atoms with Crippen LogP contribution in [-0.4, -0.2) is 83.8 Å². The molecule has 1 saturated heterocycles. The average molecular weight is 734 g/mol. The number of rotatable bonds is 7. The molecule has 11 nitrogen and oxygen atoms in total. The number of aromatic nitrogens is 1. The number of nitrogens with one attached hydrogen (secondary N) is 3. The topological polar surface area (TPSA) is 147 Å². The molecule has 0 radical (unpaired) electrons. The number of halogens is 3. The van der Waals surface area contributed by atoms with Gasteiger partial charge in [-0.25, -0.2) is 13.4 Å². The fraction of sp³-hybridized carbons (Fsp3) is 0.611. The predicted octanol–water partition coefficient (Wildman–Crippen LogP) is 4.30. The van der Waals surface area contributed by atoms with Crippen LogP contribution in [0.25, 0.3) is 10.8 Å². The zero-order valence-corrected chi connectivity index (χ0v) is 29.7. The Morgan fingerprint density at radius 3 is 2.55 bits per heavy atom. The van der Waals surface area contributed by atoms with Crippen LogP contribution in [0.3, 0.4) is 0 Å². The van der Waals surface area contributed by atoms with Gasteiger partial charge in [0.15, 0.2) is 0 Å². The second-order valence-corrected chi connectivity index (χ2v) is 16.7. The summed E-state index contributed by atoms with van der Waals surface area (Å²) in [6.07, 6.45) is 1.58. The van der Waals surface area contributed by atoms with E-state index >= 15 is 0 Å².